The van der Waals surface area contributed by atoms with Crippen LogP contribution in [0.15, 0.2) is 36.4 Å². The molecule has 0 aliphatic heterocycles. The van der Waals surface area contributed by atoms with Gasteiger partial charge >= 0.3 is 0 Å². The minimum absolute atomic E-state index is 0.172. The molecule has 0 aliphatic rings. The zero-order chi connectivity index (χ0) is 22.3. The number of nitrogens with zero attached hydrogens (tertiary/aromatic N) is 1. The number of carbonyl (C=O) groups excluding carboxylic acids is 2. The Hall–Kier alpha value is -3.73. The fraction of sp³-hybridized carbons (Fsp3) is 0.318. The molecule has 8 heteroatoms. The van der Waals surface area contributed by atoms with E-state index in [-0.39, 0.29) is 17.4 Å². The predicted molar refractivity (Wildman–Crippen MR) is 112 cm³/mol. The second-order valence-electron chi connectivity index (χ2n) is 6.79. The predicted octanol–water partition coefficient (Wildman–Crippen LogP) is 2.98. The summed E-state index contributed by atoms with van der Waals surface area (Å²) in [5.41, 5.74) is 1.29. The molecule has 8 nitrogen and oxygen atoms in total. The molecule has 0 heterocycles. The van der Waals surface area contributed by atoms with Crippen LogP contribution in [0.4, 0.5) is 5.69 Å². The number of benzene rings is 2. The number of hydrogen-bond donors (Lipinski definition) is 2. The highest BCUT2D eigenvalue weighted by Gasteiger charge is 2.26. The van der Waals surface area contributed by atoms with E-state index in [9.17, 15) is 9.59 Å². The monoisotopic (exact) mass is 411 g/mol. The van der Waals surface area contributed by atoms with Crippen LogP contribution in [-0.2, 0) is 4.79 Å². The summed E-state index contributed by atoms with van der Waals surface area (Å²) in [4.78, 5) is 25.6. The molecule has 2 aromatic carbocycles. The lowest BCUT2D eigenvalue weighted by atomic mass is 10.0. The van der Waals surface area contributed by atoms with Crippen LogP contribution in [-0.4, -0.2) is 39.2 Å². The molecule has 2 N–H and O–H groups in total. The van der Waals surface area contributed by atoms with Crippen molar-refractivity contribution in [1.82, 2.24) is 5.32 Å². The molecule has 0 unspecified atom stereocenters. The van der Waals surface area contributed by atoms with Crippen molar-refractivity contribution >= 4 is 17.5 Å². The van der Waals surface area contributed by atoms with Crippen LogP contribution in [0.25, 0.3) is 0 Å². The highest BCUT2D eigenvalue weighted by atomic mass is 16.5. The zero-order valence-electron chi connectivity index (χ0n) is 17.6. The number of nitrogens with one attached hydrogen (secondary N) is 2. The summed E-state index contributed by atoms with van der Waals surface area (Å²) in [7, 11) is 4.39. The molecule has 0 aliphatic carbocycles. The average Bonchev–Trinajstić information content (AvgIpc) is 2.76. The quantitative estimate of drug-likeness (QED) is 0.691. The van der Waals surface area contributed by atoms with Crippen molar-refractivity contribution < 1.29 is 23.8 Å². The summed E-state index contributed by atoms with van der Waals surface area (Å²) in [6.07, 6.45) is 0. The Kier molecular flexibility index (Phi) is 7.64. The van der Waals surface area contributed by atoms with Gasteiger partial charge in [-0.25, -0.2) is 0 Å². The van der Waals surface area contributed by atoms with Gasteiger partial charge in [-0.2, -0.15) is 5.26 Å². The fourth-order valence-electron chi connectivity index (χ4n) is 2.82. The first kappa shape index (κ1) is 22.6. The summed E-state index contributed by atoms with van der Waals surface area (Å²) < 4.78 is 15.8. The molecule has 2 amide bonds. The van der Waals surface area contributed by atoms with Crippen LogP contribution in [0.3, 0.4) is 0 Å². The minimum atomic E-state index is -0.785. The van der Waals surface area contributed by atoms with Gasteiger partial charge in [-0.3, -0.25) is 9.59 Å². The number of anilines is 1. The molecule has 0 bridgehead atoms. The lowest BCUT2D eigenvalue weighted by Crippen LogP contribution is -2.47. The molecular weight excluding hydrogens is 386 g/mol. The van der Waals surface area contributed by atoms with Crippen LogP contribution in [0.2, 0.25) is 0 Å². The van der Waals surface area contributed by atoms with Gasteiger partial charge in [0, 0.05) is 11.3 Å². The van der Waals surface area contributed by atoms with Crippen molar-refractivity contribution in [2.75, 3.05) is 26.6 Å². The van der Waals surface area contributed by atoms with E-state index in [0.717, 1.165) is 0 Å². The first-order chi connectivity index (χ1) is 14.3. The molecular formula is C22H25N3O5. The number of rotatable bonds is 8. The average molecular weight is 411 g/mol. The Balaban J connectivity index is 2.22. The molecule has 2 aromatic rings. The Morgan fingerprint density at radius 2 is 1.53 bits per heavy atom. The van der Waals surface area contributed by atoms with Gasteiger partial charge < -0.3 is 24.8 Å². The standard InChI is InChI=1S/C22H25N3O5/c1-13(2)19(22(27)24-16-8-6-14(12-23)7-9-16)25-21(26)15-10-17(28-3)20(30-5)18(11-15)29-4/h6-11,13,19H,1-5H3,(H,24,27)(H,25,26)/t19-/m1/s1. The Labute approximate surface area is 175 Å². The second-order valence-corrected chi connectivity index (χ2v) is 6.79. The van der Waals surface area contributed by atoms with Gasteiger partial charge in [0.2, 0.25) is 11.7 Å². The van der Waals surface area contributed by atoms with Crippen molar-refractivity contribution in [2.45, 2.75) is 19.9 Å². The Bertz CT molecular complexity index is 923. The lowest BCUT2D eigenvalue weighted by Gasteiger charge is -2.22. The summed E-state index contributed by atoms with van der Waals surface area (Å²) in [5, 5.41) is 14.4. The summed E-state index contributed by atoms with van der Waals surface area (Å²) in [6, 6.07) is 10.8. The molecule has 0 saturated heterocycles. The number of nitriles is 1. The topological polar surface area (TPSA) is 110 Å². The maximum Gasteiger partial charge on any atom is 0.252 e. The van der Waals surface area contributed by atoms with Gasteiger partial charge in [-0.1, -0.05) is 13.8 Å². The van der Waals surface area contributed by atoms with E-state index in [2.05, 4.69) is 10.6 Å². The van der Waals surface area contributed by atoms with Crippen LogP contribution >= 0.6 is 0 Å². The molecule has 0 aromatic heterocycles. The van der Waals surface area contributed by atoms with Crippen molar-refractivity contribution in [1.29, 1.82) is 5.26 Å². The molecule has 0 radical (unpaired) electrons. The number of amides is 2. The molecule has 2 rings (SSSR count). The van der Waals surface area contributed by atoms with E-state index in [1.165, 1.54) is 33.5 Å². The van der Waals surface area contributed by atoms with E-state index in [1.54, 1.807) is 24.3 Å². The largest absolute Gasteiger partial charge is 0.493 e. The lowest BCUT2D eigenvalue weighted by molar-refractivity contribution is -0.118. The summed E-state index contributed by atoms with van der Waals surface area (Å²) in [5.74, 6) is 0.0542. The van der Waals surface area contributed by atoms with E-state index in [0.29, 0.717) is 28.5 Å². The van der Waals surface area contributed by atoms with E-state index >= 15 is 0 Å². The Morgan fingerprint density at radius 1 is 0.967 bits per heavy atom. The third-order valence-electron chi connectivity index (χ3n) is 4.44. The van der Waals surface area contributed by atoms with Gasteiger partial charge in [0.1, 0.15) is 6.04 Å². The van der Waals surface area contributed by atoms with E-state index in [1.807, 2.05) is 19.9 Å². The molecule has 30 heavy (non-hydrogen) atoms. The van der Waals surface area contributed by atoms with Crippen LogP contribution in [0, 0.1) is 17.2 Å². The SMILES string of the molecule is COc1cc(C(=O)N[C@@H](C(=O)Nc2ccc(C#N)cc2)C(C)C)cc(OC)c1OC. The Morgan fingerprint density at radius 3 is 1.97 bits per heavy atom. The van der Waals surface area contributed by atoms with Gasteiger partial charge in [0.15, 0.2) is 11.5 Å². The highest BCUT2D eigenvalue weighted by molar-refractivity contribution is 6.01. The van der Waals surface area contributed by atoms with E-state index < -0.39 is 11.9 Å². The molecule has 0 spiro atoms. The van der Waals surface area contributed by atoms with Gasteiger partial charge in [-0.15, -0.1) is 0 Å². The summed E-state index contributed by atoms with van der Waals surface area (Å²) in [6.45, 7) is 3.66. The van der Waals surface area contributed by atoms with Gasteiger partial charge in [0.25, 0.3) is 5.91 Å². The van der Waals surface area contributed by atoms with Crippen molar-refractivity contribution in [3.05, 3.63) is 47.5 Å². The number of carbonyl (C=O) groups is 2. The number of hydrogen-bond acceptors (Lipinski definition) is 6. The molecule has 1 atom stereocenters. The first-order valence-corrected chi connectivity index (χ1v) is 9.26. The van der Waals surface area contributed by atoms with Gasteiger partial charge in [-0.05, 0) is 42.3 Å². The third kappa shape index (κ3) is 5.20. The number of methoxy groups -OCH3 is 3. The van der Waals surface area contributed by atoms with Crippen LogP contribution in [0.1, 0.15) is 29.8 Å². The van der Waals surface area contributed by atoms with Crippen LogP contribution < -0.4 is 24.8 Å². The minimum Gasteiger partial charge on any atom is -0.493 e. The zero-order valence-corrected chi connectivity index (χ0v) is 17.6. The maximum absolute atomic E-state index is 12.9. The van der Waals surface area contributed by atoms with E-state index in [4.69, 9.17) is 19.5 Å². The second kappa shape index (κ2) is 10.2. The normalized spacial score (nSPS) is 11.2. The van der Waals surface area contributed by atoms with Crippen molar-refractivity contribution in [2.24, 2.45) is 5.92 Å². The smallest absolute Gasteiger partial charge is 0.252 e. The molecule has 0 saturated carbocycles. The highest BCUT2D eigenvalue weighted by Crippen LogP contribution is 2.38. The fourth-order valence-corrected chi connectivity index (χ4v) is 2.82. The van der Waals surface area contributed by atoms with Crippen molar-refractivity contribution in [3.8, 4) is 23.3 Å². The van der Waals surface area contributed by atoms with Crippen molar-refractivity contribution in [3.63, 3.8) is 0 Å². The maximum atomic E-state index is 12.9. The third-order valence-corrected chi connectivity index (χ3v) is 4.44. The van der Waals surface area contributed by atoms with Gasteiger partial charge in [0.05, 0.1) is 33.0 Å². The first-order valence-electron chi connectivity index (χ1n) is 9.26. The summed E-state index contributed by atoms with van der Waals surface area (Å²) >= 11 is 0. The van der Waals surface area contributed by atoms with Crippen LogP contribution in [0.5, 0.6) is 17.2 Å². The number of ether oxygens (including phenoxy) is 3. The molecule has 158 valence electrons. The molecule has 0 fully saturated rings.